The van der Waals surface area contributed by atoms with Gasteiger partial charge in [-0.15, -0.1) is 0 Å². The maximum Gasteiger partial charge on any atom is 0.227 e. The Hall–Kier alpha value is -6.80. The van der Waals surface area contributed by atoms with Crippen LogP contribution in [0.2, 0.25) is 0 Å². The summed E-state index contributed by atoms with van der Waals surface area (Å²) in [5, 5.41) is 4.57. The summed E-state index contributed by atoms with van der Waals surface area (Å²) in [7, 11) is 0. The molecular weight excluding hydrogens is 717 g/mol. The molecule has 0 bridgehead atoms. The van der Waals surface area contributed by atoms with E-state index in [-0.39, 0.29) is 23.9 Å². The van der Waals surface area contributed by atoms with Crippen molar-refractivity contribution in [1.29, 1.82) is 0 Å². The first kappa shape index (κ1) is 35.6. The van der Waals surface area contributed by atoms with Gasteiger partial charge < -0.3 is 19.8 Å². The second kappa shape index (κ2) is 15.3. The van der Waals surface area contributed by atoms with Gasteiger partial charge in [-0.2, -0.15) is 0 Å². The molecule has 0 aliphatic carbocycles. The van der Waals surface area contributed by atoms with Crippen LogP contribution >= 0.6 is 0 Å². The lowest BCUT2D eigenvalue weighted by Gasteiger charge is -2.23. The molecule has 2 amide bonds. The molecule has 2 aliphatic rings. The van der Waals surface area contributed by atoms with Gasteiger partial charge in [-0.3, -0.25) is 9.59 Å². The first-order valence-corrected chi connectivity index (χ1v) is 20.4. The summed E-state index contributed by atoms with van der Waals surface area (Å²) in [6.07, 6.45) is 8.33. The van der Waals surface area contributed by atoms with Crippen molar-refractivity contribution >= 4 is 33.4 Å². The molecule has 58 heavy (non-hydrogen) atoms. The third kappa shape index (κ3) is 6.64. The van der Waals surface area contributed by atoms with Crippen LogP contribution in [-0.2, 0) is 22.4 Å². The number of aromatic nitrogens is 4. The van der Waals surface area contributed by atoms with Crippen molar-refractivity contribution in [3.63, 3.8) is 0 Å². The van der Waals surface area contributed by atoms with E-state index in [0.29, 0.717) is 12.8 Å². The van der Waals surface area contributed by atoms with Crippen LogP contribution in [0.1, 0.15) is 60.5 Å². The molecule has 10 rings (SSSR count). The fourth-order valence-corrected chi connectivity index (χ4v) is 9.27. The second-order valence-electron chi connectivity index (χ2n) is 15.6. The van der Waals surface area contributed by atoms with Gasteiger partial charge in [0, 0.05) is 24.2 Å². The number of rotatable bonds is 9. The van der Waals surface area contributed by atoms with Crippen molar-refractivity contribution < 1.29 is 9.59 Å². The van der Waals surface area contributed by atoms with Crippen molar-refractivity contribution in [3.8, 4) is 33.6 Å². The highest BCUT2D eigenvalue weighted by Gasteiger charge is 2.33. The van der Waals surface area contributed by atoms with Crippen molar-refractivity contribution in [3.05, 3.63) is 169 Å². The van der Waals surface area contributed by atoms with Crippen molar-refractivity contribution in [2.75, 3.05) is 13.1 Å². The molecule has 0 spiro atoms. The Morgan fingerprint density at radius 3 is 1.26 bits per heavy atom. The molecule has 8 heteroatoms. The van der Waals surface area contributed by atoms with E-state index in [4.69, 9.17) is 9.97 Å². The van der Waals surface area contributed by atoms with E-state index < -0.39 is 0 Å². The number of nitrogens with one attached hydrogen (secondary N) is 2. The van der Waals surface area contributed by atoms with Gasteiger partial charge in [0.05, 0.1) is 48.7 Å². The van der Waals surface area contributed by atoms with E-state index in [1.54, 1.807) is 0 Å². The maximum atomic E-state index is 13.4. The summed E-state index contributed by atoms with van der Waals surface area (Å²) in [6.45, 7) is 1.49. The minimum absolute atomic E-state index is 0.0643. The average molecular weight is 761 g/mol. The van der Waals surface area contributed by atoms with Crippen molar-refractivity contribution in [1.82, 2.24) is 29.7 Å². The lowest BCUT2D eigenvalue weighted by Crippen LogP contribution is -2.32. The Bertz CT molecular complexity index is 2580. The normalized spacial score (nSPS) is 16.8. The maximum absolute atomic E-state index is 13.4. The molecular formula is C50H44N6O2. The monoisotopic (exact) mass is 760 g/mol. The summed E-state index contributed by atoms with van der Waals surface area (Å²) in [4.78, 5) is 47.8. The van der Waals surface area contributed by atoms with Gasteiger partial charge in [-0.05, 0) is 69.5 Å². The number of nitrogens with zero attached hydrogens (tertiary/aromatic N) is 4. The van der Waals surface area contributed by atoms with Gasteiger partial charge in [-0.1, -0.05) is 133 Å². The van der Waals surface area contributed by atoms with Crippen molar-refractivity contribution in [2.45, 2.75) is 50.6 Å². The number of hydrogen-bond donors (Lipinski definition) is 2. The molecule has 6 aromatic carbocycles. The largest absolute Gasteiger partial charge is 0.340 e. The molecule has 8 aromatic rings. The molecule has 4 heterocycles. The number of imidazole rings is 2. The van der Waals surface area contributed by atoms with Crippen molar-refractivity contribution in [2.24, 2.45) is 0 Å². The Morgan fingerprint density at radius 1 is 0.483 bits per heavy atom. The molecule has 2 atom stereocenters. The lowest BCUT2D eigenvalue weighted by molar-refractivity contribution is -0.132. The van der Waals surface area contributed by atoms with E-state index in [2.05, 4.69) is 82.8 Å². The number of amides is 2. The second-order valence-corrected chi connectivity index (χ2v) is 15.6. The van der Waals surface area contributed by atoms with E-state index >= 15 is 0 Å². The van der Waals surface area contributed by atoms with E-state index in [9.17, 15) is 9.59 Å². The van der Waals surface area contributed by atoms with E-state index in [1.165, 1.54) is 0 Å². The van der Waals surface area contributed by atoms with Crippen LogP contribution in [0.15, 0.2) is 146 Å². The topological polar surface area (TPSA) is 98.0 Å². The Kier molecular flexibility index (Phi) is 9.37. The van der Waals surface area contributed by atoms with Crippen LogP contribution in [0.3, 0.4) is 0 Å². The predicted octanol–water partition coefficient (Wildman–Crippen LogP) is 10.3. The first-order valence-electron chi connectivity index (χ1n) is 20.4. The van der Waals surface area contributed by atoms with Gasteiger partial charge in [-0.25, -0.2) is 9.97 Å². The molecule has 2 aromatic heterocycles. The zero-order valence-corrected chi connectivity index (χ0v) is 32.3. The summed E-state index contributed by atoms with van der Waals surface area (Å²) >= 11 is 0. The third-order valence-corrected chi connectivity index (χ3v) is 12.1. The number of hydrogen-bond acceptors (Lipinski definition) is 4. The van der Waals surface area contributed by atoms with Crippen LogP contribution in [0, 0.1) is 0 Å². The minimum atomic E-state index is -0.0643. The fraction of sp³-hybridized carbons (Fsp3) is 0.200. The van der Waals surface area contributed by atoms with E-state index in [1.807, 2.05) is 82.9 Å². The molecule has 2 aliphatic heterocycles. The number of H-pyrrole nitrogens is 2. The standard InChI is InChI=1S/C50H44N6O2/c57-47(29-33-13-3-1-4-14-33)55-27-11-21-45(55)49-51-31-43(53-49)41-25-23-39(35-17-7-9-19-37(35)41)40-24-26-42(38-20-10-8-18-36(38)40)44-32-52-50(54-44)46-22-12-28-56(46)48(58)30-34-15-5-2-6-16-34/h1-10,13-20,23-26,31-32,45-46H,11-12,21-22,27-30H2,(H,51,53)(H,52,54). The van der Waals surface area contributed by atoms with E-state index in [0.717, 1.165) is 117 Å². The van der Waals surface area contributed by atoms with Crippen LogP contribution in [0.4, 0.5) is 0 Å². The number of carbonyl (C=O) groups is 2. The summed E-state index contributed by atoms with van der Waals surface area (Å²) < 4.78 is 0. The zero-order chi connectivity index (χ0) is 39.0. The third-order valence-electron chi connectivity index (χ3n) is 12.1. The van der Waals surface area contributed by atoms with Gasteiger partial charge >= 0.3 is 0 Å². The number of fused-ring (bicyclic) bond motifs is 2. The van der Waals surface area contributed by atoms with Gasteiger partial charge in [0.15, 0.2) is 0 Å². The highest BCUT2D eigenvalue weighted by Crippen LogP contribution is 2.42. The van der Waals surface area contributed by atoms with Crippen LogP contribution in [0.5, 0.6) is 0 Å². The summed E-state index contributed by atoms with van der Waals surface area (Å²) in [5.41, 5.74) is 8.40. The van der Waals surface area contributed by atoms with Gasteiger partial charge in [0.2, 0.25) is 11.8 Å². The lowest BCUT2D eigenvalue weighted by atomic mass is 9.89. The smallest absolute Gasteiger partial charge is 0.227 e. The van der Waals surface area contributed by atoms with Crippen LogP contribution in [-0.4, -0.2) is 54.6 Å². The molecule has 0 saturated carbocycles. The summed E-state index contributed by atoms with van der Waals surface area (Å²) in [5.74, 6) is 1.95. The number of carbonyl (C=O) groups excluding carboxylic acids is 2. The molecule has 2 saturated heterocycles. The molecule has 286 valence electrons. The molecule has 2 unspecified atom stereocenters. The highest BCUT2D eigenvalue weighted by molar-refractivity contribution is 6.11. The molecule has 2 fully saturated rings. The molecule has 0 radical (unpaired) electrons. The number of likely N-dealkylation sites (tertiary alicyclic amines) is 2. The zero-order valence-electron chi connectivity index (χ0n) is 32.3. The average Bonchev–Trinajstić information content (AvgIpc) is 4.11. The minimum Gasteiger partial charge on any atom is -0.340 e. The number of benzene rings is 6. The Balaban J connectivity index is 0.940. The highest BCUT2D eigenvalue weighted by atomic mass is 16.2. The molecule has 2 N–H and O–H groups in total. The number of aromatic amines is 2. The predicted molar refractivity (Wildman–Crippen MR) is 230 cm³/mol. The van der Waals surface area contributed by atoms with Gasteiger partial charge in [0.1, 0.15) is 11.6 Å². The quantitative estimate of drug-likeness (QED) is 0.153. The Labute approximate surface area is 337 Å². The Morgan fingerprint density at radius 2 is 0.845 bits per heavy atom. The SMILES string of the molecule is O=C(Cc1ccccc1)N1CCCC1c1ncc(-c2ccc(-c3ccc(-c4cnc(C5CCCN5C(=O)Cc5ccccc5)[nH]4)c4ccccc34)c3ccccc23)[nH]1. The van der Waals surface area contributed by atoms with Crippen LogP contribution in [0.25, 0.3) is 55.2 Å². The van der Waals surface area contributed by atoms with Crippen LogP contribution < -0.4 is 0 Å². The molecule has 8 nitrogen and oxygen atoms in total. The first-order chi connectivity index (χ1) is 28.6. The van der Waals surface area contributed by atoms with Gasteiger partial charge in [0.25, 0.3) is 0 Å². The fourth-order valence-electron chi connectivity index (χ4n) is 9.27. The summed E-state index contributed by atoms with van der Waals surface area (Å²) in [6, 6.07) is 45.8.